The van der Waals surface area contributed by atoms with E-state index in [0.717, 1.165) is 102 Å². The van der Waals surface area contributed by atoms with Crippen molar-refractivity contribution in [1.29, 1.82) is 0 Å². The van der Waals surface area contributed by atoms with E-state index in [2.05, 4.69) is 120 Å². The molecule has 0 atom stereocenters. The minimum absolute atomic E-state index is 0.0822. The maximum Gasteiger partial charge on any atom is 0.307 e. The van der Waals surface area contributed by atoms with Crippen LogP contribution < -0.4 is 14.5 Å². The van der Waals surface area contributed by atoms with Crippen LogP contribution in [0.1, 0.15) is 89.5 Å². The smallest absolute Gasteiger partial charge is 0.307 e. The minimum Gasteiger partial charge on any atom is -0.478 e. The summed E-state index contributed by atoms with van der Waals surface area (Å²) < 4.78 is 11.7. The molecule has 2 aromatic carbocycles. The molecule has 0 radical (unpaired) electrons. The van der Waals surface area contributed by atoms with Gasteiger partial charge in [0.1, 0.15) is 12.1 Å². The maximum atomic E-state index is 12.5. The topological polar surface area (TPSA) is 75.2 Å². The number of hydrogen-bond donors (Lipinski definition) is 0. The number of anilines is 2. The number of aromatic nitrogens is 1. The van der Waals surface area contributed by atoms with Crippen LogP contribution in [0.2, 0.25) is 0 Å². The predicted molar refractivity (Wildman–Crippen MR) is 238 cm³/mol. The standard InChI is InChI=1S/C49H66N4O4/c1-3-4-5-6-7-8-9-10-11-12-13-14-15-16-17-18-19-20-32-48(55)57-42-51(2)49-44(29-26-40-54)33-34-47(50-49)56-41-24-23-35-52-36-38-53(39-37-52)46-31-25-28-43-27-21-22-30-45(43)46/h5-6,8-9,11-12,14-15,17-18,21-22,25,27-28,30-31,33-34,40H,3-4,7,10,13,16,19-20,23-24,26,29,32,35-39,41-42H2,1-2H3/b6-5-,9-8-,12-11-,15-14-,18-17-. The van der Waals surface area contributed by atoms with Crippen LogP contribution in [0, 0.1) is 0 Å². The Balaban J connectivity index is 1.08. The highest BCUT2D eigenvalue weighted by Crippen LogP contribution is 2.28. The van der Waals surface area contributed by atoms with Crippen molar-refractivity contribution in [2.45, 2.75) is 90.4 Å². The molecular weight excluding hydrogens is 709 g/mol. The summed E-state index contributed by atoms with van der Waals surface area (Å²) >= 11 is 0. The van der Waals surface area contributed by atoms with Crippen molar-refractivity contribution in [3.63, 3.8) is 0 Å². The number of esters is 1. The Morgan fingerprint density at radius 2 is 1.42 bits per heavy atom. The SMILES string of the molecule is CCC/C=C\C/C=C\C/C=C\C/C=C\C/C=C\CCCC(=O)OCN(C)c1nc(OCCCCN2CCN(c3cccc4ccccc34)CC2)ccc1CCC=O. The van der Waals surface area contributed by atoms with Gasteiger partial charge in [-0.25, -0.2) is 0 Å². The van der Waals surface area contributed by atoms with Gasteiger partial charge in [0, 0.05) is 63.2 Å². The average molecular weight is 775 g/mol. The number of carbonyl (C=O) groups is 2. The summed E-state index contributed by atoms with van der Waals surface area (Å²) in [4.78, 5) is 35.3. The van der Waals surface area contributed by atoms with E-state index in [1.165, 1.54) is 22.9 Å². The number of benzene rings is 2. The lowest BCUT2D eigenvalue weighted by Crippen LogP contribution is -2.46. The first-order valence-electron chi connectivity index (χ1n) is 21.2. The van der Waals surface area contributed by atoms with Crippen LogP contribution >= 0.6 is 0 Å². The van der Waals surface area contributed by atoms with Gasteiger partial charge in [-0.3, -0.25) is 9.69 Å². The summed E-state index contributed by atoms with van der Waals surface area (Å²) in [7, 11) is 1.85. The van der Waals surface area contributed by atoms with Gasteiger partial charge in [-0.05, 0) is 93.8 Å². The molecule has 57 heavy (non-hydrogen) atoms. The van der Waals surface area contributed by atoms with E-state index in [4.69, 9.17) is 14.5 Å². The van der Waals surface area contributed by atoms with E-state index in [1.807, 2.05) is 24.1 Å². The minimum atomic E-state index is -0.235. The Hall–Kier alpha value is -4.95. The number of ether oxygens (including phenoxy) is 2. The highest BCUT2D eigenvalue weighted by atomic mass is 16.5. The fourth-order valence-electron chi connectivity index (χ4n) is 6.74. The molecule has 3 aromatic rings. The Morgan fingerprint density at radius 3 is 2.12 bits per heavy atom. The number of piperazine rings is 1. The summed E-state index contributed by atoms with van der Waals surface area (Å²) in [5.74, 6) is 0.969. The van der Waals surface area contributed by atoms with Gasteiger partial charge in [-0.2, -0.15) is 4.98 Å². The molecule has 2 heterocycles. The number of fused-ring (bicyclic) bond motifs is 1. The molecule has 4 rings (SSSR count). The van der Waals surface area contributed by atoms with Gasteiger partial charge >= 0.3 is 5.97 Å². The van der Waals surface area contributed by atoms with Gasteiger partial charge in [0.05, 0.1) is 6.61 Å². The van der Waals surface area contributed by atoms with Crippen molar-refractivity contribution >= 4 is 34.5 Å². The van der Waals surface area contributed by atoms with E-state index >= 15 is 0 Å². The largest absolute Gasteiger partial charge is 0.478 e. The van der Waals surface area contributed by atoms with Crippen LogP contribution in [0.25, 0.3) is 10.8 Å². The van der Waals surface area contributed by atoms with Crippen molar-refractivity contribution in [3.05, 3.63) is 121 Å². The number of nitrogens with zero attached hydrogens (tertiary/aromatic N) is 4. The summed E-state index contributed by atoms with van der Waals surface area (Å²) in [6, 6.07) is 19.0. The summed E-state index contributed by atoms with van der Waals surface area (Å²) in [5.41, 5.74) is 2.25. The zero-order valence-electron chi connectivity index (χ0n) is 34.6. The van der Waals surface area contributed by atoms with Crippen LogP contribution in [0.3, 0.4) is 0 Å². The van der Waals surface area contributed by atoms with Crippen molar-refractivity contribution in [2.75, 3.05) is 62.9 Å². The molecule has 0 unspecified atom stereocenters. The second-order valence-corrected chi connectivity index (χ2v) is 14.5. The first kappa shape index (κ1) is 44.8. The van der Waals surface area contributed by atoms with Gasteiger partial charge in [0.2, 0.25) is 5.88 Å². The molecule has 1 aliphatic heterocycles. The number of allylic oxidation sites excluding steroid dienone is 10. The Bertz CT molecular complexity index is 1750. The Kier molecular flexibility index (Phi) is 21.7. The number of rotatable bonds is 27. The van der Waals surface area contributed by atoms with Crippen LogP contribution in [0.5, 0.6) is 5.88 Å². The number of aryl methyl sites for hydroxylation is 1. The third kappa shape index (κ3) is 17.4. The highest BCUT2D eigenvalue weighted by Gasteiger charge is 2.18. The Labute approximate surface area is 342 Å². The fourth-order valence-corrected chi connectivity index (χ4v) is 6.74. The van der Waals surface area contributed by atoms with E-state index in [1.54, 1.807) is 0 Å². The molecule has 0 spiro atoms. The molecule has 1 aromatic heterocycles. The monoisotopic (exact) mass is 775 g/mol. The molecule has 0 saturated carbocycles. The normalized spacial score (nSPS) is 14.0. The maximum absolute atomic E-state index is 12.5. The van der Waals surface area contributed by atoms with Gasteiger partial charge in [-0.15, -0.1) is 0 Å². The predicted octanol–water partition coefficient (Wildman–Crippen LogP) is 10.6. The number of unbranched alkanes of at least 4 members (excludes halogenated alkanes) is 3. The Morgan fingerprint density at radius 1 is 0.754 bits per heavy atom. The quantitative estimate of drug-likeness (QED) is 0.0249. The van der Waals surface area contributed by atoms with E-state index in [9.17, 15) is 9.59 Å². The molecule has 0 aliphatic carbocycles. The van der Waals surface area contributed by atoms with Gasteiger partial charge in [0.25, 0.3) is 0 Å². The second-order valence-electron chi connectivity index (χ2n) is 14.5. The van der Waals surface area contributed by atoms with E-state index in [-0.39, 0.29) is 12.7 Å². The van der Waals surface area contributed by atoms with Gasteiger partial charge < -0.3 is 24.1 Å². The number of pyridine rings is 1. The van der Waals surface area contributed by atoms with Crippen LogP contribution in [-0.4, -0.2) is 75.2 Å². The van der Waals surface area contributed by atoms with Crippen molar-refractivity contribution in [1.82, 2.24) is 9.88 Å². The summed E-state index contributed by atoms with van der Waals surface area (Å²) in [6.07, 6.45) is 33.9. The molecule has 8 heteroatoms. The van der Waals surface area contributed by atoms with Crippen LogP contribution in [0.4, 0.5) is 11.5 Å². The first-order chi connectivity index (χ1) is 28.1. The first-order valence-corrected chi connectivity index (χ1v) is 21.2. The number of hydrogen-bond acceptors (Lipinski definition) is 8. The third-order valence-electron chi connectivity index (χ3n) is 9.97. The van der Waals surface area contributed by atoms with Crippen LogP contribution in [-0.2, 0) is 20.7 Å². The highest BCUT2D eigenvalue weighted by molar-refractivity contribution is 5.94. The molecule has 0 amide bonds. The fraction of sp³-hybridized carbons (Fsp3) is 0.449. The number of aldehydes is 1. The van der Waals surface area contributed by atoms with Crippen molar-refractivity contribution in [2.24, 2.45) is 0 Å². The molecule has 1 saturated heterocycles. The second kappa shape index (κ2) is 27.6. The molecular formula is C49H66N4O4. The summed E-state index contributed by atoms with van der Waals surface area (Å²) in [6.45, 7) is 8.07. The lowest BCUT2D eigenvalue weighted by Gasteiger charge is -2.36. The molecule has 306 valence electrons. The average Bonchev–Trinajstić information content (AvgIpc) is 3.24. The molecule has 0 N–H and O–H groups in total. The lowest BCUT2D eigenvalue weighted by atomic mass is 10.1. The molecule has 1 aliphatic rings. The zero-order chi connectivity index (χ0) is 40.2. The lowest BCUT2D eigenvalue weighted by molar-refractivity contribution is -0.143. The molecule has 0 bridgehead atoms. The van der Waals surface area contributed by atoms with Gasteiger partial charge in [-0.1, -0.05) is 111 Å². The van der Waals surface area contributed by atoms with Crippen LogP contribution in [0.15, 0.2) is 115 Å². The summed E-state index contributed by atoms with van der Waals surface area (Å²) in [5, 5.41) is 2.62. The van der Waals surface area contributed by atoms with Crippen molar-refractivity contribution < 1.29 is 19.1 Å². The van der Waals surface area contributed by atoms with E-state index < -0.39 is 0 Å². The zero-order valence-corrected chi connectivity index (χ0v) is 34.6. The van der Waals surface area contributed by atoms with Crippen molar-refractivity contribution in [3.8, 4) is 5.88 Å². The van der Waals surface area contributed by atoms with Gasteiger partial charge in [0.15, 0.2) is 6.73 Å². The third-order valence-corrected chi connectivity index (χ3v) is 9.97. The molecule has 8 nitrogen and oxygen atoms in total. The molecule has 1 fully saturated rings. The van der Waals surface area contributed by atoms with E-state index in [0.29, 0.717) is 37.6 Å². The number of carbonyl (C=O) groups excluding carboxylic acids is 2.